The minimum absolute atomic E-state index is 0.280. The Labute approximate surface area is 126 Å². The predicted molar refractivity (Wildman–Crippen MR) is 83.9 cm³/mol. The summed E-state index contributed by atoms with van der Waals surface area (Å²) in [5.74, 6) is 1.13. The highest BCUT2D eigenvalue weighted by molar-refractivity contribution is 9.10. The van der Waals surface area contributed by atoms with Crippen molar-refractivity contribution in [3.8, 4) is 11.5 Å². The van der Waals surface area contributed by atoms with Crippen molar-refractivity contribution >= 4 is 21.6 Å². The largest absolute Gasteiger partial charge is 0.455 e. The zero-order valence-electron chi connectivity index (χ0n) is 11.7. The average molecular weight is 338 g/mol. The van der Waals surface area contributed by atoms with Gasteiger partial charge in [0.25, 0.3) is 0 Å². The number of hydrogen-bond acceptors (Lipinski definition) is 2. The van der Waals surface area contributed by atoms with Crippen LogP contribution in [0.5, 0.6) is 11.5 Å². The lowest BCUT2D eigenvalue weighted by Gasteiger charge is -2.16. The molecule has 2 aromatic carbocycles. The van der Waals surface area contributed by atoms with Gasteiger partial charge in [0.2, 0.25) is 0 Å². The summed E-state index contributed by atoms with van der Waals surface area (Å²) in [4.78, 5) is 0. The van der Waals surface area contributed by atoms with Crippen LogP contribution in [0.1, 0.15) is 30.9 Å². The molecule has 0 bridgehead atoms. The Hall–Kier alpha value is -1.55. The maximum Gasteiger partial charge on any atom is 0.151 e. The molecule has 2 N–H and O–H groups in total. The van der Waals surface area contributed by atoms with E-state index in [2.05, 4.69) is 29.8 Å². The average Bonchev–Trinajstić information content (AvgIpc) is 2.35. The van der Waals surface area contributed by atoms with Gasteiger partial charge < -0.3 is 10.5 Å². The number of halogens is 2. The van der Waals surface area contributed by atoms with Crippen LogP contribution in [0.25, 0.3) is 0 Å². The first kappa shape index (κ1) is 14.9. The number of aryl methyl sites for hydroxylation is 1. The second-order valence-electron chi connectivity index (χ2n) is 5.10. The van der Waals surface area contributed by atoms with Gasteiger partial charge in [0.15, 0.2) is 5.75 Å². The van der Waals surface area contributed by atoms with Crippen LogP contribution in [-0.4, -0.2) is 0 Å². The van der Waals surface area contributed by atoms with Gasteiger partial charge in [-0.05, 0) is 46.0 Å². The molecule has 20 heavy (non-hydrogen) atoms. The van der Waals surface area contributed by atoms with Gasteiger partial charge in [0.05, 0.1) is 10.2 Å². The minimum atomic E-state index is -0.400. The second-order valence-corrected chi connectivity index (χ2v) is 5.96. The van der Waals surface area contributed by atoms with E-state index in [1.807, 2.05) is 25.1 Å². The molecular weight excluding hydrogens is 321 g/mol. The van der Waals surface area contributed by atoms with Crippen LogP contribution >= 0.6 is 15.9 Å². The van der Waals surface area contributed by atoms with E-state index in [9.17, 15) is 4.39 Å². The number of benzene rings is 2. The predicted octanol–water partition coefficient (Wildman–Crippen LogP) is 5.39. The first-order chi connectivity index (χ1) is 9.38. The number of nitrogens with two attached hydrogens (primary N) is 1. The normalized spacial score (nSPS) is 10.9. The van der Waals surface area contributed by atoms with Gasteiger partial charge in [-0.3, -0.25) is 0 Å². The standard InChI is InChI=1S/C16H17BrFNO/c1-9(2)11-5-4-10(3)6-15(11)20-16-7-12(17)13(18)8-14(16)19/h4-9H,19H2,1-3H3. The lowest BCUT2D eigenvalue weighted by molar-refractivity contribution is 0.472. The van der Waals surface area contributed by atoms with Gasteiger partial charge in [-0.25, -0.2) is 4.39 Å². The summed E-state index contributed by atoms with van der Waals surface area (Å²) in [6, 6.07) is 8.86. The van der Waals surface area contributed by atoms with E-state index in [0.29, 0.717) is 16.1 Å². The van der Waals surface area contributed by atoms with Crippen LogP contribution in [-0.2, 0) is 0 Å². The molecule has 0 heterocycles. The first-order valence-corrected chi connectivity index (χ1v) is 7.20. The Balaban J connectivity index is 2.44. The fourth-order valence-corrected chi connectivity index (χ4v) is 2.28. The number of anilines is 1. The van der Waals surface area contributed by atoms with Crippen LogP contribution in [0.2, 0.25) is 0 Å². The van der Waals surface area contributed by atoms with Crippen LogP contribution in [0, 0.1) is 12.7 Å². The van der Waals surface area contributed by atoms with Crippen molar-refractivity contribution < 1.29 is 9.13 Å². The van der Waals surface area contributed by atoms with E-state index in [0.717, 1.165) is 16.9 Å². The monoisotopic (exact) mass is 337 g/mol. The second kappa shape index (κ2) is 5.83. The van der Waals surface area contributed by atoms with Crippen LogP contribution < -0.4 is 10.5 Å². The molecule has 0 amide bonds. The zero-order chi connectivity index (χ0) is 14.9. The van der Waals surface area contributed by atoms with Gasteiger partial charge in [-0.1, -0.05) is 26.0 Å². The molecule has 0 radical (unpaired) electrons. The third kappa shape index (κ3) is 3.12. The molecule has 0 aliphatic rings. The molecule has 2 nitrogen and oxygen atoms in total. The fraction of sp³-hybridized carbons (Fsp3) is 0.250. The van der Waals surface area contributed by atoms with Crippen molar-refractivity contribution in [2.24, 2.45) is 0 Å². The van der Waals surface area contributed by atoms with Gasteiger partial charge in [-0.15, -0.1) is 0 Å². The summed E-state index contributed by atoms with van der Waals surface area (Å²) < 4.78 is 19.6. The third-order valence-electron chi connectivity index (χ3n) is 3.06. The van der Waals surface area contributed by atoms with Crippen molar-refractivity contribution in [3.63, 3.8) is 0 Å². The van der Waals surface area contributed by atoms with Gasteiger partial charge in [-0.2, -0.15) is 0 Å². The quantitative estimate of drug-likeness (QED) is 0.761. The summed E-state index contributed by atoms with van der Waals surface area (Å²) in [5.41, 5.74) is 8.29. The van der Waals surface area contributed by atoms with Crippen molar-refractivity contribution in [2.75, 3.05) is 5.73 Å². The Morgan fingerprint density at radius 3 is 2.50 bits per heavy atom. The molecule has 2 aromatic rings. The summed E-state index contributed by atoms with van der Waals surface area (Å²) in [5, 5.41) is 0. The number of hydrogen-bond donors (Lipinski definition) is 1. The maximum absolute atomic E-state index is 13.4. The van der Waals surface area contributed by atoms with Gasteiger partial charge >= 0.3 is 0 Å². The molecule has 4 heteroatoms. The summed E-state index contributed by atoms with van der Waals surface area (Å²) >= 11 is 3.14. The molecule has 0 unspecified atom stereocenters. The summed E-state index contributed by atoms with van der Waals surface area (Å²) in [7, 11) is 0. The lowest BCUT2D eigenvalue weighted by atomic mass is 10.0. The topological polar surface area (TPSA) is 35.2 Å². The molecule has 0 saturated heterocycles. The molecule has 0 fully saturated rings. The molecule has 0 aromatic heterocycles. The Morgan fingerprint density at radius 1 is 1.15 bits per heavy atom. The molecule has 0 aliphatic heterocycles. The maximum atomic E-state index is 13.4. The smallest absolute Gasteiger partial charge is 0.151 e. The molecule has 0 aliphatic carbocycles. The zero-order valence-corrected chi connectivity index (χ0v) is 13.3. The van der Waals surface area contributed by atoms with Crippen molar-refractivity contribution in [1.29, 1.82) is 0 Å². The Bertz CT molecular complexity index is 641. The van der Waals surface area contributed by atoms with Crippen molar-refractivity contribution in [1.82, 2.24) is 0 Å². The summed E-state index contributed by atoms with van der Waals surface area (Å²) in [6.07, 6.45) is 0. The highest BCUT2D eigenvalue weighted by Crippen LogP contribution is 2.36. The number of ether oxygens (including phenoxy) is 1. The Kier molecular flexibility index (Phi) is 4.33. The third-order valence-corrected chi connectivity index (χ3v) is 3.67. The van der Waals surface area contributed by atoms with Crippen LogP contribution in [0.3, 0.4) is 0 Å². The highest BCUT2D eigenvalue weighted by atomic mass is 79.9. The fourth-order valence-electron chi connectivity index (χ4n) is 1.96. The number of rotatable bonds is 3. The van der Waals surface area contributed by atoms with E-state index in [1.165, 1.54) is 6.07 Å². The summed E-state index contributed by atoms with van der Waals surface area (Å²) in [6.45, 7) is 6.20. The van der Waals surface area contributed by atoms with Crippen molar-refractivity contribution in [3.05, 3.63) is 51.7 Å². The van der Waals surface area contributed by atoms with Gasteiger partial charge in [0.1, 0.15) is 11.6 Å². The van der Waals surface area contributed by atoms with E-state index < -0.39 is 5.82 Å². The molecule has 0 saturated carbocycles. The van der Waals surface area contributed by atoms with E-state index in [-0.39, 0.29) is 5.69 Å². The minimum Gasteiger partial charge on any atom is -0.455 e. The molecule has 0 spiro atoms. The van der Waals surface area contributed by atoms with Gasteiger partial charge in [0, 0.05) is 12.1 Å². The highest BCUT2D eigenvalue weighted by Gasteiger charge is 2.12. The molecule has 2 rings (SSSR count). The SMILES string of the molecule is Cc1ccc(C(C)C)c(Oc2cc(Br)c(F)cc2N)c1. The van der Waals surface area contributed by atoms with E-state index >= 15 is 0 Å². The molecule has 106 valence electrons. The lowest BCUT2D eigenvalue weighted by Crippen LogP contribution is -1.98. The van der Waals surface area contributed by atoms with E-state index in [4.69, 9.17) is 10.5 Å². The number of nitrogen functional groups attached to an aromatic ring is 1. The molecule has 0 atom stereocenters. The molecular formula is C16H17BrFNO. The first-order valence-electron chi connectivity index (χ1n) is 6.41. The van der Waals surface area contributed by atoms with Crippen LogP contribution in [0.15, 0.2) is 34.8 Å². The van der Waals surface area contributed by atoms with Crippen molar-refractivity contribution in [2.45, 2.75) is 26.7 Å². The van der Waals surface area contributed by atoms with Crippen LogP contribution in [0.4, 0.5) is 10.1 Å². The van der Waals surface area contributed by atoms with E-state index in [1.54, 1.807) is 6.07 Å². The Morgan fingerprint density at radius 2 is 1.85 bits per heavy atom.